The average molecular weight is 700 g/mol. The molecule has 2 rings (SSSR count). The third kappa shape index (κ3) is 15.2. The molecule has 1 aromatic carbocycles. The van der Waals surface area contributed by atoms with Gasteiger partial charge in [0.1, 0.15) is 18.1 Å². The Labute approximate surface area is 295 Å². The highest BCUT2D eigenvalue weighted by Crippen LogP contribution is 2.19. The van der Waals surface area contributed by atoms with Gasteiger partial charge in [0.25, 0.3) is 0 Å². The lowest BCUT2D eigenvalue weighted by Crippen LogP contribution is -2.58. The Morgan fingerprint density at radius 3 is 1.96 bits per heavy atom. The Kier molecular flexibility index (Phi) is 19.0. The molecule has 0 aliphatic carbocycles. The Balaban J connectivity index is 2.41. The molecule has 1 aliphatic rings. The maximum atomic E-state index is 13.9. The molecule has 4 amide bonds. The predicted octanol–water partition coefficient (Wildman–Crippen LogP) is 0.810. The number of amides is 4. The summed E-state index contributed by atoms with van der Waals surface area (Å²) in [5.41, 5.74) is 18.2. The first-order chi connectivity index (χ1) is 23.9. The van der Waals surface area contributed by atoms with Crippen molar-refractivity contribution in [1.29, 1.82) is 0 Å². The fourth-order valence-electron chi connectivity index (χ4n) is 5.75. The van der Waals surface area contributed by atoms with E-state index in [-0.39, 0.29) is 44.4 Å². The van der Waals surface area contributed by atoms with Crippen LogP contribution in [0, 0.1) is 11.8 Å². The summed E-state index contributed by atoms with van der Waals surface area (Å²) in [5, 5.41) is 20.8. The van der Waals surface area contributed by atoms with Crippen LogP contribution in [0.1, 0.15) is 83.6 Å². The van der Waals surface area contributed by atoms with Crippen LogP contribution in [0.5, 0.6) is 0 Å². The van der Waals surface area contributed by atoms with Crippen LogP contribution in [0.4, 0.5) is 0 Å². The van der Waals surface area contributed by atoms with Crippen LogP contribution < -0.4 is 38.5 Å². The second-order valence-electron chi connectivity index (χ2n) is 13.4. The van der Waals surface area contributed by atoms with Crippen LogP contribution in [0.15, 0.2) is 42.5 Å². The Morgan fingerprint density at radius 1 is 0.840 bits per heavy atom. The molecule has 11 N–H and O–H groups in total. The highest BCUT2D eigenvalue weighted by molar-refractivity contribution is 5.96. The van der Waals surface area contributed by atoms with Gasteiger partial charge in [-0.05, 0) is 88.8 Å². The van der Waals surface area contributed by atoms with Gasteiger partial charge < -0.3 is 43.6 Å². The van der Waals surface area contributed by atoms with Crippen molar-refractivity contribution < 1.29 is 33.9 Å². The molecule has 0 saturated carbocycles. The summed E-state index contributed by atoms with van der Waals surface area (Å²) in [6.45, 7) is 4.54. The van der Waals surface area contributed by atoms with E-state index in [9.17, 15) is 33.9 Å². The number of nitrogens with one attached hydrogen (secondary N) is 4. The molecular weight excluding hydrogens is 642 g/mol. The van der Waals surface area contributed by atoms with Crippen molar-refractivity contribution in [3.05, 3.63) is 48.0 Å². The van der Waals surface area contributed by atoms with E-state index in [4.69, 9.17) is 17.2 Å². The van der Waals surface area contributed by atoms with E-state index in [1.165, 1.54) is 0 Å². The maximum Gasteiger partial charge on any atom is 0.306 e. The van der Waals surface area contributed by atoms with Gasteiger partial charge in [-0.1, -0.05) is 56.3 Å². The number of carboxylic acids is 1. The molecule has 278 valence electrons. The van der Waals surface area contributed by atoms with Gasteiger partial charge in [-0.3, -0.25) is 28.8 Å². The molecule has 0 bridgehead atoms. The molecule has 0 aromatic heterocycles. The summed E-state index contributed by atoms with van der Waals surface area (Å²) >= 11 is 0. The number of rotatable bonds is 18. The normalized spacial score (nSPS) is 21.7. The molecule has 0 radical (unpaired) electrons. The van der Waals surface area contributed by atoms with E-state index in [1.807, 2.05) is 19.9 Å². The van der Waals surface area contributed by atoms with Gasteiger partial charge in [0, 0.05) is 6.42 Å². The molecule has 50 heavy (non-hydrogen) atoms. The third-order valence-electron chi connectivity index (χ3n) is 8.60. The van der Waals surface area contributed by atoms with Gasteiger partial charge in [-0.25, -0.2) is 0 Å². The standard InChI is InChI=1S/C36H57N7O7/c1-23(2)20-25(36(49)50)22-31(44)30(21-24-12-4-3-5-13-24)43-35(48)28-15-7-6-14-26(39)32(45)40-27(16-8-10-18-37)33(46)42-29(34(47)41-28)17-9-11-19-38/h3-7,12-13,23,25-30H,8-11,14-22,37-39H2,1-2H3,(H,40,45)(H,41,47)(H,42,46)(H,43,48)(H,49,50)/t25-,26+,27+,28+,29+,30+/m1/s1. The van der Waals surface area contributed by atoms with Crippen molar-refractivity contribution in [1.82, 2.24) is 21.3 Å². The summed E-state index contributed by atoms with van der Waals surface area (Å²) < 4.78 is 0. The highest BCUT2D eigenvalue weighted by atomic mass is 16.4. The minimum absolute atomic E-state index is 0.00552. The smallest absolute Gasteiger partial charge is 0.306 e. The van der Waals surface area contributed by atoms with Crippen LogP contribution in [0.25, 0.3) is 0 Å². The summed E-state index contributed by atoms with van der Waals surface area (Å²) in [7, 11) is 0. The first kappa shape index (κ1) is 42.0. The second kappa shape index (κ2) is 22.6. The summed E-state index contributed by atoms with van der Waals surface area (Å²) in [5.74, 6) is -4.78. The fourth-order valence-corrected chi connectivity index (χ4v) is 5.75. The van der Waals surface area contributed by atoms with Gasteiger partial charge in [0.2, 0.25) is 23.6 Å². The third-order valence-corrected chi connectivity index (χ3v) is 8.60. The van der Waals surface area contributed by atoms with E-state index >= 15 is 0 Å². The Bertz CT molecular complexity index is 1290. The zero-order chi connectivity index (χ0) is 37.1. The molecule has 6 atom stereocenters. The fraction of sp³-hybridized carbons (Fsp3) is 0.611. The maximum absolute atomic E-state index is 13.9. The first-order valence-corrected chi connectivity index (χ1v) is 17.7. The Morgan fingerprint density at radius 2 is 1.40 bits per heavy atom. The van der Waals surface area contributed by atoms with Crippen molar-refractivity contribution in [3.63, 3.8) is 0 Å². The number of benzene rings is 1. The Hall–Kier alpha value is -4.14. The number of nitrogens with two attached hydrogens (primary N) is 3. The molecule has 1 aliphatic heterocycles. The predicted molar refractivity (Wildman–Crippen MR) is 190 cm³/mol. The molecule has 1 aromatic rings. The number of hydrogen-bond acceptors (Lipinski definition) is 9. The number of hydrogen-bond donors (Lipinski definition) is 8. The van der Waals surface area contributed by atoms with Crippen LogP contribution in [0.2, 0.25) is 0 Å². The zero-order valence-electron chi connectivity index (χ0n) is 29.4. The topological polar surface area (TPSA) is 249 Å². The number of ketones is 1. The van der Waals surface area contributed by atoms with E-state index in [1.54, 1.807) is 36.4 Å². The van der Waals surface area contributed by atoms with Gasteiger partial charge in [-0.15, -0.1) is 0 Å². The number of Topliss-reactive ketones (excluding diaryl/α,β-unsaturated/α-hetero) is 1. The van der Waals surface area contributed by atoms with Crippen molar-refractivity contribution in [2.75, 3.05) is 13.1 Å². The van der Waals surface area contributed by atoms with Crippen molar-refractivity contribution in [3.8, 4) is 0 Å². The molecule has 14 heteroatoms. The molecule has 0 spiro atoms. The highest BCUT2D eigenvalue weighted by Gasteiger charge is 2.33. The second-order valence-corrected chi connectivity index (χ2v) is 13.4. The SMILES string of the molecule is CC(C)C[C@H](CC(=O)[C@H](Cc1ccccc1)NC(=O)[C@@H]1CC=CC[C@H](N)C(=O)N[C@@H](CCCCN)C(=O)N[C@@H](CCCCN)C(=O)N1)C(=O)O. The van der Waals surface area contributed by atoms with Crippen molar-refractivity contribution >= 4 is 35.4 Å². The lowest BCUT2D eigenvalue weighted by Gasteiger charge is -2.27. The molecule has 0 saturated heterocycles. The minimum Gasteiger partial charge on any atom is -0.481 e. The lowest BCUT2D eigenvalue weighted by atomic mass is 9.89. The van der Waals surface area contributed by atoms with Crippen LogP contribution in [-0.2, 0) is 35.2 Å². The van der Waals surface area contributed by atoms with Crippen LogP contribution in [-0.4, -0.2) is 83.8 Å². The van der Waals surface area contributed by atoms with E-state index in [2.05, 4.69) is 21.3 Å². The van der Waals surface area contributed by atoms with E-state index < -0.39 is 71.5 Å². The zero-order valence-corrected chi connectivity index (χ0v) is 29.4. The van der Waals surface area contributed by atoms with Crippen LogP contribution >= 0.6 is 0 Å². The van der Waals surface area contributed by atoms with E-state index in [0.29, 0.717) is 45.2 Å². The summed E-state index contributed by atoms with van der Waals surface area (Å²) in [4.78, 5) is 79.6. The molecule has 0 fully saturated rings. The summed E-state index contributed by atoms with van der Waals surface area (Å²) in [6, 6.07) is 3.81. The minimum atomic E-state index is -1.17. The molecule has 14 nitrogen and oxygen atoms in total. The first-order valence-electron chi connectivity index (χ1n) is 17.7. The van der Waals surface area contributed by atoms with E-state index in [0.717, 1.165) is 5.56 Å². The molecule has 0 unspecified atom stereocenters. The number of aliphatic carboxylic acids is 1. The van der Waals surface area contributed by atoms with Gasteiger partial charge >= 0.3 is 5.97 Å². The summed E-state index contributed by atoms with van der Waals surface area (Å²) in [6.07, 6.45) is 6.29. The largest absolute Gasteiger partial charge is 0.481 e. The van der Waals surface area contributed by atoms with Gasteiger partial charge in [0.15, 0.2) is 5.78 Å². The monoisotopic (exact) mass is 699 g/mol. The quantitative estimate of drug-likeness (QED) is 0.0791. The lowest BCUT2D eigenvalue weighted by molar-refractivity contribution is -0.144. The number of unbranched alkanes of at least 4 members (excludes halogenated alkanes) is 2. The molecule has 1 heterocycles. The molecular formula is C36H57N7O7. The number of carboxylic acid groups (broad SMARTS) is 1. The van der Waals surface area contributed by atoms with Gasteiger partial charge in [-0.2, -0.15) is 0 Å². The van der Waals surface area contributed by atoms with Gasteiger partial charge in [0.05, 0.1) is 18.0 Å². The number of carbonyl (C=O) groups is 6. The van der Waals surface area contributed by atoms with Crippen molar-refractivity contribution in [2.24, 2.45) is 29.0 Å². The number of carbonyl (C=O) groups excluding carboxylic acids is 5. The van der Waals surface area contributed by atoms with Crippen molar-refractivity contribution in [2.45, 2.75) is 115 Å². The van der Waals surface area contributed by atoms with Crippen LogP contribution in [0.3, 0.4) is 0 Å². The average Bonchev–Trinajstić information content (AvgIpc) is 3.07.